The Bertz CT molecular complexity index is 468. The van der Waals surface area contributed by atoms with Crippen LogP contribution in [-0.2, 0) is 4.57 Å². The Morgan fingerprint density at radius 1 is 1.09 bits per heavy atom. The first-order valence-electron chi connectivity index (χ1n) is 6.90. The van der Waals surface area contributed by atoms with Crippen molar-refractivity contribution in [3.8, 4) is 0 Å². The molecule has 1 atom stereocenters. The van der Waals surface area contributed by atoms with Gasteiger partial charge in [0.25, 0.3) is 0 Å². The number of nitrogens with zero attached hydrogens (tertiary/aromatic N) is 1. The van der Waals surface area contributed by atoms with Crippen LogP contribution in [0.25, 0.3) is 0 Å². The maximum absolute atomic E-state index is 12.9. The Labute approximate surface area is 130 Å². The van der Waals surface area contributed by atoms with Gasteiger partial charge in [-0.1, -0.05) is 0 Å². The third-order valence-electron chi connectivity index (χ3n) is 4.69. The Balaban J connectivity index is 3.46. The zero-order chi connectivity index (χ0) is 18.5. The average molecular weight is 371 g/mol. The fraction of sp³-hybridized carbons (Fsp3) is 1.00. The highest BCUT2D eigenvalue weighted by Gasteiger charge is 2.63. The van der Waals surface area contributed by atoms with Crippen LogP contribution in [0.1, 0.15) is 46.5 Å². The van der Waals surface area contributed by atoms with Gasteiger partial charge in [-0.05, 0) is 33.6 Å². The number of hydrogen-bond acceptors (Lipinski definition) is 1. The molecule has 2 N–H and O–H groups in total. The van der Waals surface area contributed by atoms with Crippen LogP contribution in [0.2, 0.25) is 0 Å². The summed E-state index contributed by atoms with van der Waals surface area (Å²) in [5, 5.41) is 0. The van der Waals surface area contributed by atoms with Gasteiger partial charge in [0.05, 0.1) is 12.8 Å². The summed E-state index contributed by atoms with van der Waals surface area (Å²) in [6.45, 7) is 3.46. The first kappa shape index (κ1) is 20.7. The summed E-state index contributed by atoms with van der Waals surface area (Å²) in [6.07, 6.45) is -13.9. The molecule has 1 aliphatic rings. The number of rotatable bonds is 3. The summed E-state index contributed by atoms with van der Waals surface area (Å²) in [5.74, 6) is 0. The summed E-state index contributed by atoms with van der Waals surface area (Å²) in [6, 6.07) is -0.833. The van der Waals surface area contributed by atoms with Gasteiger partial charge < -0.3 is 9.79 Å². The third-order valence-corrected chi connectivity index (χ3v) is 6.14. The molecule has 1 fully saturated rings. The van der Waals surface area contributed by atoms with E-state index in [4.69, 9.17) is 0 Å². The first-order valence-corrected chi connectivity index (χ1v) is 8.47. The van der Waals surface area contributed by atoms with Gasteiger partial charge in [0.2, 0.25) is 0 Å². The molecule has 0 bridgehead atoms. The van der Waals surface area contributed by atoms with E-state index in [1.807, 2.05) is 0 Å². The predicted molar refractivity (Wildman–Crippen MR) is 70.4 cm³/mol. The predicted octanol–water partition coefficient (Wildman–Crippen LogP) is 4.23. The highest BCUT2D eigenvalue weighted by Crippen LogP contribution is 2.62. The molecule has 23 heavy (non-hydrogen) atoms. The van der Waals surface area contributed by atoms with Gasteiger partial charge >= 0.3 is 20.1 Å². The summed E-state index contributed by atoms with van der Waals surface area (Å²) < 4.78 is 89.9. The molecule has 1 rings (SSSR count). The Morgan fingerprint density at radius 3 is 1.78 bits per heavy atom. The van der Waals surface area contributed by atoms with Crippen molar-refractivity contribution in [2.24, 2.45) is 5.41 Å². The zero-order valence-electron chi connectivity index (χ0n) is 12.9. The van der Waals surface area contributed by atoms with E-state index in [-0.39, 0.29) is 6.42 Å². The molecule has 0 aliphatic carbocycles. The van der Waals surface area contributed by atoms with Crippen molar-refractivity contribution < 1.29 is 40.7 Å². The number of hydrogen-bond donors (Lipinski definition) is 2. The Kier molecular flexibility index (Phi) is 5.31. The van der Waals surface area contributed by atoms with Crippen LogP contribution in [0.15, 0.2) is 0 Å². The van der Waals surface area contributed by atoms with Gasteiger partial charge in [-0.2, -0.15) is 26.3 Å². The molecule has 0 aromatic carbocycles. The van der Waals surface area contributed by atoms with Crippen molar-refractivity contribution in [3.63, 3.8) is 0 Å². The van der Waals surface area contributed by atoms with E-state index in [1.165, 1.54) is 6.92 Å². The molecule has 0 aromatic rings. The van der Waals surface area contributed by atoms with E-state index in [1.54, 1.807) is 0 Å². The van der Waals surface area contributed by atoms with E-state index in [9.17, 15) is 40.7 Å². The highest BCUT2D eigenvalue weighted by molar-refractivity contribution is 7.49. The minimum absolute atomic E-state index is 0.166. The van der Waals surface area contributed by atoms with E-state index in [0.717, 1.165) is 13.8 Å². The molecular formula is C12H20F6NO3P. The van der Waals surface area contributed by atoms with Gasteiger partial charge in [-0.3, -0.25) is 0 Å². The minimum Gasteiger partial charge on any atom is -0.312 e. The van der Waals surface area contributed by atoms with Crippen molar-refractivity contribution in [1.82, 2.24) is 4.67 Å². The molecule has 1 heterocycles. The third kappa shape index (κ3) is 4.61. The minimum atomic E-state index is -5.03. The lowest BCUT2D eigenvalue weighted by Gasteiger charge is -2.58. The maximum atomic E-state index is 12.9. The lowest BCUT2D eigenvalue weighted by molar-refractivity contribution is -0.227. The van der Waals surface area contributed by atoms with Crippen LogP contribution in [0.4, 0.5) is 26.3 Å². The number of halogens is 6. The van der Waals surface area contributed by atoms with Crippen molar-refractivity contribution in [3.05, 3.63) is 0 Å². The molecule has 0 saturated carbocycles. The van der Waals surface area contributed by atoms with E-state index in [2.05, 4.69) is 0 Å². The van der Waals surface area contributed by atoms with E-state index >= 15 is 0 Å². The molecule has 1 unspecified atom stereocenters. The fourth-order valence-corrected chi connectivity index (χ4v) is 5.22. The topological polar surface area (TPSA) is 60.8 Å². The van der Waals surface area contributed by atoms with E-state index in [0.29, 0.717) is 4.67 Å². The standard InChI is InChI=1S/C12H20F6NO3P/c1-8-4-5-10(6-11(13,14)15,7-12(16,17)18)9(2,3)19(8)23(20,21)22/h8H,4-7H2,1-3H3,(H2,20,21,22). The quantitative estimate of drug-likeness (QED) is 0.576. The van der Waals surface area contributed by atoms with Crippen LogP contribution in [0.3, 0.4) is 0 Å². The van der Waals surface area contributed by atoms with Gasteiger partial charge in [-0.15, -0.1) is 0 Å². The van der Waals surface area contributed by atoms with Gasteiger partial charge in [0.15, 0.2) is 0 Å². The molecule has 0 aromatic heterocycles. The second-order valence-electron chi connectivity index (χ2n) is 6.67. The molecule has 11 heteroatoms. The smallest absolute Gasteiger partial charge is 0.312 e. The van der Waals surface area contributed by atoms with Crippen LogP contribution < -0.4 is 0 Å². The van der Waals surface area contributed by atoms with Crippen molar-refractivity contribution in [2.75, 3.05) is 0 Å². The lowest BCUT2D eigenvalue weighted by atomic mass is 9.61. The Morgan fingerprint density at radius 2 is 1.48 bits per heavy atom. The average Bonchev–Trinajstić information content (AvgIpc) is 2.16. The molecule has 0 spiro atoms. The van der Waals surface area contributed by atoms with Gasteiger partial charge in [-0.25, -0.2) is 9.24 Å². The van der Waals surface area contributed by atoms with Crippen molar-refractivity contribution >= 4 is 7.75 Å². The molecule has 0 radical (unpaired) electrons. The van der Waals surface area contributed by atoms with Crippen LogP contribution >= 0.6 is 7.75 Å². The summed E-state index contributed by atoms with van der Waals surface area (Å²) in [4.78, 5) is 18.9. The SMILES string of the molecule is CC1CCC(CC(F)(F)F)(CC(F)(F)F)C(C)(C)N1P(=O)(O)O. The number of piperidine rings is 1. The summed E-state index contributed by atoms with van der Waals surface area (Å²) in [5.41, 5.74) is -4.36. The summed E-state index contributed by atoms with van der Waals surface area (Å²) in [7, 11) is -5.03. The van der Waals surface area contributed by atoms with Crippen LogP contribution in [-0.4, -0.2) is 38.4 Å². The molecule has 1 saturated heterocycles. The van der Waals surface area contributed by atoms with Crippen molar-refractivity contribution in [1.29, 1.82) is 0 Å². The highest BCUT2D eigenvalue weighted by atomic mass is 31.2. The van der Waals surface area contributed by atoms with E-state index < -0.39 is 56.4 Å². The second kappa shape index (κ2) is 5.89. The second-order valence-corrected chi connectivity index (χ2v) is 8.13. The first-order chi connectivity index (χ1) is 9.91. The maximum Gasteiger partial charge on any atom is 0.403 e. The van der Waals surface area contributed by atoms with Gasteiger partial charge in [0.1, 0.15) is 0 Å². The fourth-order valence-electron chi connectivity index (χ4n) is 3.73. The number of alkyl halides is 6. The lowest BCUT2D eigenvalue weighted by Crippen LogP contribution is -2.63. The zero-order valence-corrected chi connectivity index (χ0v) is 13.8. The molecule has 138 valence electrons. The molecule has 4 nitrogen and oxygen atoms in total. The van der Waals surface area contributed by atoms with Gasteiger partial charge in [0, 0.05) is 17.0 Å². The van der Waals surface area contributed by atoms with Crippen LogP contribution in [0.5, 0.6) is 0 Å². The largest absolute Gasteiger partial charge is 0.403 e. The van der Waals surface area contributed by atoms with Crippen molar-refractivity contribution in [2.45, 2.75) is 70.4 Å². The monoisotopic (exact) mass is 371 g/mol. The Hall–Kier alpha value is -0.310. The normalized spacial score (nSPS) is 26.3. The summed E-state index contributed by atoms with van der Waals surface area (Å²) >= 11 is 0. The molecule has 0 amide bonds. The molecule has 1 aliphatic heterocycles. The van der Waals surface area contributed by atoms with Crippen LogP contribution in [0, 0.1) is 5.41 Å². The molecular weight excluding hydrogens is 351 g/mol.